The third-order valence-corrected chi connectivity index (χ3v) is 3.07. The lowest BCUT2D eigenvalue weighted by Gasteiger charge is -2.16. The number of aromatic nitrogens is 1. The van der Waals surface area contributed by atoms with E-state index in [2.05, 4.69) is 20.9 Å². The highest BCUT2D eigenvalue weighted by Crippen LogP contribution is 2.23. The van der Waals surface area contributed by atoms with Crippen LogP contribution in [0.1, 0.15) is 23.2 Å². The fourth-order valence-electron chi connectivity index (χ4n) is 1.83. The molecule has 0 N–H and O–H groups in total. The van der Waals surface area contributed by atoms with E-state index in [1.54, 1.807) is 12.3 Å². The number of pyridine rings is 1. The number of ether oxygens (including phenoxy) is 1. The molecule has 0 aliphatic carbocycles. The van der Waals surface area contributed by atoms with Crippen LogP contribution in [0.5, 0.6) is 5.88 Å². The maximum Gasteiger partial charge on any atom is 0.259 e. The molecule has 16 heavy (non-hydrogen) atoms. The summed E-state index contributed by atoms with van der Waals surface area (Å²) >= 11 is 3.31. The zero-order valence-electron chi connectivity index (χ0n) is 9.07. The molecule has 5 heteroatoms. The largest absolute Gasteiger partial charge is 0.480 e. The number of nitrogens with zero attached hydrogens (tertiary/aromatic N) is 2. The summed E-state index contributed by atoms with van der Waals surface area (Å²) < 4.78 is 5.89. The first-order valence-corrected chi connectivity index (χ1v) is 6.00. The lowest BCUT2D eigenvalue weighted by Crippen LogP contribution is -2.28. The van der Waals surface area contributed by atoms with Crippen molar-refractivity contribution >= 4 is 21.8 Å². The van der Waals surface area contributed by atoms with Crippen molar-refractivity contribution in [3.63, 3.8) is 0 Å². The molecule has 1 aliphatic heterocycles. The van der Waals surface area contributed by atoms with Crippen LogP contribution in [-0.2, 0) is 0 Å². The highest BCUT2D eigenvalue weighted by molar-refractivity contribution is 9.10. The van der Waals surface area contributed by atoms with Gasteiger partial charge in [-0.05, 0) is 34.8 Å². The van der Waals surface area contributed by atoms with Crippen LogP contribution < -0.4 is 4.74 Å². The first-order chi connectivity index (χ1) is 7.72. The van der Waals surface area contributed by atoms with Gasteiger partial charge in [-0.15, -0.1) is 0 Å². The minimum absolute atomic E-state index is 0.00292. The molecule has 0 atom stereocenters. The van der Waals surface area contributed by atoms with Crippen molar-refractivity contribution in [3.05, 3.63) is 22.3 Å². The predicted octanol–water partition coefficient (Wildman–Crippen LogP) is 2.09. The zero-order chi connectivity index (χ0) is 11.5. The van der Waals surface area contributed by atoms with Gasteiger partial charge in [-0.1, -0.05) is 0 Å². The van der Waals surface area contributed by atoms with Gasteiger partial charge in [0, 0.05) is 23.8 Å². The Hall–Kier alpha value is -1.10. The Morgan fingerprint density at radius 3 is 2.81 bits per heavy atom. The predicted molar refractivity (Wildman–Crippen MR) is 63.6 cm³/mol. The Kier molecular flexibility index (Phi) is 3.43. The van der Waals surface area contributed by atoms with Gasteiger partial charge in [0.1, 0.15) is 5.56 Å². The summed E-state index contributed by atoms with van der Waals surface area (Å²) in [4.78, 5) is 18.1. The quantitative estimate of drug-likeness (QED) is 0.835. The fraction of sp³-hybridized carbons (Fsp3) is 0.455. The van der Waals surface area contributed by atoms with E-state index in [-0.39, 0.29) is 5.91 Å². The summed E-state index contributed by atoms with van der Waals surface area (Å²) in [5.41, 5.74) is 0.527. The molecule has 0 unspecified atom stereocenters. The molecule has 0 saturated carbocycles. The van der Waals surface area contributed by atoms with Crippen molar-refractivity contribution in [1.29, 1.82) is 0 Å². The highest BCUT2D eigenvalue weighted by Gasteiger charge is 2.23. The number of methoxy groups -OCH3 is 1. The summed E-state index contributed by atoms with van der Waals surface area (Å²) in [6.07, 6.45) is 3.78. The summed E-state index contributed by atoms with van der Waals surface area (Å²) in [5, 5.41) is 0. The van der Waals surface area contributed by atoms with Gasteiger partial charge < -0.3 is 9.64 Å². The molecule has 1 aliphatic rings. The molecule has 1 fully saturated rings. The van der Waals surface area contributed by atoms with Crippen LogP contribution >= 0.6 is 15.9 Å². The van der Waals surface area contributed by atoms with Crippen LogP contribution in [0.2, 0.25) is 0 Å². The number of carbonyl (C=O) groups is 1. The van der Waals surface area contributed by atoms with Gasteiger partial charge >= 0.3 is 0 Å². The Morgan fingerprint density at radius 2 is 2.19 bits per heavy atom. The van der Waals surface area contributed by atoms with E-state index < -0.39 is 0 Å². The first kappa shape index (κ1) is 11.4. The lowest BCUT2D eigenvalue weighted by molar-refractivity contribution is 0.0788. The number of amides is 1. The van der Waals surface area contributed by atoms with Gasteiger partial charge in [0.25, 0.3) is 5.91 Å². The summed E-state index contributed by atoms with van der Waals surface area (Å²) in [6, 6.07) is 1.76. The number of likely N-dealkylation sites (tertiary alicyclic amines) is 1. The molecule has 2 rings (SSSR count). The van der Waals surface area contributed by atoms with E-state index in [0.29, 0.717) is 11.4 Å². The van der Waals surface area contributed by atoms with E-state index in [1.165, 1.54) is 7.11 Å². The summed E-state index contributed by atoms with van der Waals surface area (Å²) in [6.45, 7) is 1.66. The monoisotopic (exact) mass is 284 g/mol. The molecule has 1 aromatic rings. The van der Waals surface area contributed by atoms with Crippen LogP contribution in [0.4, 0.5) is 0 Å². The van der Waals surface area contributed by atoms with Crippen LogP contribution in [0.25, 0.3) is 0 Å². The molecule has 2 heterocycles. The SMILES string of the molecule is COc1ncc(Br)cc1C(=O)N1CCCC1. The normalized spacial score (nSPS) is 15.2. The molecular formula is C11H13BrN2O2. The molecule has 1 aromatic heterocycles. The number of hydrogen-bond donors (Lipinski definition) is 0. The topological polar surface area (TPSA) is 42.4 Å². The van der Waals surface area contributed by atoms with E-state index in [4.69, 9.17) is 4.74 Å². The third kappa shape index (κ3) is 2.19. The van der Waals surface area contributed by atoms with Crippen LogP contribution in [0.15, 0.2) is 16.7 Å². The third-order valence-electron chi connectivity index (χ3n) is 2.63. The van der Waals surface area contributed by atoms with Gasteiger partial charge in [-0.3, -0.25) is 4.79 Å². The van der Waals surface area contributed by atoms with E-state index in [1.807, 2.05) is 4.90 Å². The minimum Gasteiger partial charge on any atom is -0.480 e. The number of hydrogen-bond acceptors (Lipinski definition) is 3. The molecule has 0 aromatic carbocycles. The number of carbonyl (C=O) groups excluding carboxylic acids is 1. The standard InChI is InChI=1S/C11H13BrN2O2/c1-16-10-9(6-8(12)7-13-10)11(15)14-4-2-3-5-14/h6-7H,2-5H2,1H3. The van der Waals surface area contributed by atoms with Crippen molar-refractivity contribution in [2.24, 2.45) is 0 Å². The average molecular weight is 285 g/mol. The maximum atomic E-state index is 12.2. The molecular weight excluding hydrogens is 272 g/mol. The minimum atomic E-state index is 0.00292. The molecule has 1 saturated heterocycles. The van der Waals surface area contributed by atoms with E-state index in [0.717, 1.165) is 30.4 Å². The highest BCUT2D eigenvalue weighted by atomic mass is 79.9. The second-order valence-corrected chi connectivity index (χ2v) is 4.63. The number of rotatable bonds is 2. The van der Waals surface area contributed by atoms with Crippen molar-refractivity contribution in [3.8, 4) is 5.88 Å². The van der Waals surface area contributed by atoms with Gasteiger partial charge in [-0.2, -0.15) is 0 Å². The van der Waals surface area contributed by atoms with Gasteiger partial charge in [0.05, 0.1) is 7.11 Å². The van der Waals surface area contributed by atoms with Crippen LogP contribution in [0, 0.1) is 0 Å². The van der Waals surface area contributed by atoms with Gasteiger partial charge in [-0.25, -0.2) is 4.98 Å². The molecule has 1 amide bonds. The lowest BCUT2D eigenvalue weighted by atomic mass is 10.2. The smallest absolute Gasteiger partial charge is 0.259 e. The van der Waals surface area contributed by atoms with Crippen molar-refractivity contribution < 1.29 is 9.53 Å². The fourth-order valence-corrected chi connectivity index (χ4v) is 2.16. The second kappa shape index (κ2) is 4.82. The Bertz CT molecular complexity index is 403. The zero-order valence-corrected chi connectivity index (χ0v) is 10.7. The molecule has 0 radical (unpaired) electrons. The van der Waals surface area contributed by atoms with Crippen molar-refractivity contribution in [1.82, 2.24) is 9.88 Å². The Morgan fingerprint density at radius 1 is 1.50 bits per heavy atom. The van der Waals surface area contributed by atoms with E-state index >= 15 is 0 Å². The number of halogens is 1. The molecule has 86 valence electrons. The summed E-state index contributed by atoms with van der Waals surface area (Å²) in [5.74, 6) is 0.392. The van der Waals surface area contributed by atoms with E-state index in [9.17, 15) is 4.79 Å². The van der Waals surface area contributed by atoms with Crippen LogP contribution in [0.3, 0.4) is 0 Å². The Labute approximate surface area is 103 Å². The summed E-state index contributed by atoms with van der Waals surface area (Å²) in [7, 11) is 1.52. The first-order valence-electron chi connectivity index (χ1n) is 5.21. The van der Waals surface area contributed by atoms with Crippen molar-refractivity contribution in [2.75, 3.05) is 20.2 Å². The van der Waals surface area contributed by atoms with Crippen molar-refractivity contribution in [2.45, 2.75) is 12.8 Å². The maximum absolute atomic E-state index is 12.2. The van der Waals surface area contributed by atoms with Gasteiger partial charge in [0.2, 0.25) is 5.88 Å². The molecule has 0 bridgehead atoms. The van der Waals surface area contributed by atoms with Gasteiger partial charge in [0.15, 0.2) is 0 Å². The second-order valence-electron chi connectivity index (χ2n) is 3.71. The molecule has 0 spiro atoms. The Balaban J connectivity index is 2.30. The van der Waals surface area contributed by atoms with Crippen LogP contribution in [-0.4, -0.2) is 36.0 Å². The average Bonchev–Trinajstić information content (AvgIpc) is 2.81. The molecule has 4 nitrogen and oxygen atoms in total.